The molecule has 0 saturated carbocycles. The molecule has 0 amide bonds. The summed E-state index contributed by atoms with van der Waals surface area (Å²) < 4.78 is 25.7. The van der Waals surface area contributed by atoms with E-state index in [0.717, 1.165) is 24.2 Å². The second-order valence-corrected chi connectivity index (χ2v) is 7.89. The van der Waals surface area contributed by atoms with E-state index in [0.29, 0.717) is 0 Å². The number of aromatic nitrogens is 1. The molecule has 0 aliphatic carbocycles. The van der Waals surface area contributed by atoms with Crippen LogP contribution in [0.15, 0.2) is 34.7 Å². The molecule has 1 aromatic heterocycles. The van der Waals surface area contributed by atoms with Gasteiger partial charge in [-0.2, -0.15) is 0 Å². The molecule has 0 saturated heterocycles. The molecule has 1 heterocycles. The molecule has 0 aliphatic rings. The zero-order valence-corrected chi connectivity index (χ0v) is 14.6. The van der Waals surface area contributed by atoms with Crippen molar-refractivity contribution in [2.24, 2.45) is 0 Å². The van der Waals surface area contributed by atoms with Crippen LogP contribution in [0.2, 0.25) is 0 Å². The molecule has 2 aromatic rings. The summed E-state index contributed by atoms with van der Waals surface area (Å²) in [6.07, 6.45) is 0.951. The normalized spacial score (nSPS) is 13.2. The molecule has 5 nitrogen and oxygen atoms in total. The van der Waals surface area contributed by atoms with E-state index in [1.165, 1.54) is 11.9 Å². The molecule has 0 unspecified atom stereocenters. The predicted molar refractivity (Wildman–Crippen MR) is 89.7 cm³/mol. The Bertz CT molecular complexity index is 709. The molecular weight excluding hydrogens is 318 g/mol. The summed E-state index contributed by atoms with van der Waals surface area (Å²) in [6.45, 7) is 4.96. The molecule has 2 N–H and O–H groups in total. The summed E-state index contributed by atoms with van der Waals surface area (Å²) >= 11 is 1.68. The summed E-state index contributed by atoms with van der Waals surface area (Å²) in [4.78, 5) is 5.83. The maximum atomic E-state index is 11.7. The molecular formula is C15H21N3O2S2. The van der Waals surface area contributed by atoms with Crippen LogP contribution in [0.3, 0.4) is 0 Å². The molecule has 0 radical (unpaired) electrons. The Morgan fingerprint density at radius 2 is 1.95 bits per heavy atom. The van der Waals surface area contributed by atoms with E-state index >= 15 is 0 Å². The lowest BCUT2D eigenvalue weighted by Crippen LogP contribution is -2.22. The zero-order valence-electron chi connectivity index (χ0n) is 13.0. The molecule has 0 spiro atoms. The largest absolute Gasteiger partial charge is 0.310 e. The minimum atomic E-state index is -3.37. The van der Waals surface area contributed by atoms with E-state index in [1.54, 1.807) is 23.5 Å². The molecule has 0 aliphatic heterocycles. The van der Waals surface area contributed by atoms with Crippen molar-refractivity contribution in [3.63, 3.8) is 0 Å². The smallest absolute Gasteiger partial charge is 0.240 e. The molecule has 1 atom stereocenters. The fourth-order valence-electron chi connectivity index (χ4n) is 2.14. The van der Waals surface area contributed by atoms with Crippen molar-refractivity contribution < 1.29 is 8.42 Å². The van der Waals surface area contributed by atoms with Crippen molar-refractivity contribution in [3.8, 4) is 0 Å². The van der Waals surface area contributed by atoms with Crippen LogP contribution in [-0.2, 0) is 16.4 Å². The summed E-state index contributed by atoms with van der Waals surface area (Å²) in [7, 11) is -1.96. The number of rotatable bonds is 7. The topological polar surface area (TPSA) is 71.1 Å². The van der Waals surface area contributed by atoms with E-state index in [9.17, 15) is 8.42 Å². The molecule has 22 heavy (non-hydrogen) atoms. The van der Waals surface area contributed by atoms with Gasteiger partial charge in [-0.3, -0.25) is 0 Å². The quantitative estimate of drug-likeness (QED) is 0.812. The van der Waals surface area contributed by atoms with Crippen molar-refractivity contribution in [2.45, 2.75) is 31.2 Å². The summed E-state index contributed by atoms with van der Waals surface area (Å²) in [5.41, 5.74) is 4.03. The maximum Gasteiger partial charge on any atom is 0.240 e. The van der Waals surface area contributed by atoms with Crippen molar-refractivity contribution in [1.29, 1.82) is 0 Å². The van der Waals surface area contributed by atoms with Gasteiger partial charge in [0.05, 0.1) is 16.1 Å². The first-order valence-electron chi connectivity index (χ1n) is 7.10. The Hall–Kier alpha value is -1.28. The van der Waals surface area contributed by atoms with Crippen molar-refractivity contribution in [2.75, 3.05) is 13.6 Å². The van der Waals surface area contributed by atoms with Crippen LogP contribution in [0.25, 0.3) is 0 Å². The van der Waals surface area contributed by atoms with Crippen LogP contribution in [0.1, 0.15) is 29.1 Å². The minimum absolute atomic E-state index is 0.166. The SMILES string of the molecule is CNS(=O)(=O)c1ccc([C@H](C)NCCc2scnc2C)cc1. The number of hydrogen-bond acceptors (Lipinski definition) is 5. The van der Waals surface area contributed by atoms with E-state index in [-0.39, 0.29) is 10.9 Å². The van der Waals surface area contributed by atoms with Crippen molar-refractivity contribution >= 4 is 21.4 Å². The zero-order chi connectivity index (χ0) is 16.2. The summed E-state index contributed by atoms with van der Waals surface area (Å²) in [6, 6.07) is 7.12. The standard InChI is InChI=1S/C15H21N3O2S2/c1-11(17-9-8-15-12(2)18-10-21-15)13-4-6-14(7-5-13)22(19,20)16-3/h4-7,10-11,16-17H,8-9H2,1-3H3/t11-/m0/s1. The predicted octanol–water partition coefficient (Wildman–Crippen LogP) is 2.25. The van der Waals surface area contributed by atoms with Crippen LogP contribution in [0, 0.1) is 6.92 Å². The van der Waals surface area contributed by atoms with Crippen LogP contribution < -0.4 is 10.0 Å². The third kappa shape index (κ3) is 4.13. The van der Waals surface area contributed by atoms with Gasteiger partial charge >= 0.3 is 0 Å². The first-order valence-corrected chi connectivity index (χ1v) is 9.46. The van der Waals surface area contributed by atoms with Gasteiger partial charge < -0.3 is 5.32 Å². The highest BCUT2D eigenvalue weighted by atomic mass is 32.2. The first-order chi connectivity index (χ1) is 10.4. The summed E-state index contributed by atoms with van der Waals surface area (Å²) in [5.74, 6) is 0. The van der Waals surface area contributed by atoms with Crippen LogP contribution in [-0.4, -0.2) is 27.0 Å². The molecule has 7 heteroatoms. The number of thiazole rings is 1. The number of sulfonamides is 1. The average Bonchev–Trinajstić information content (AvgIpc) is 2.92. The Labute approximate surface area is 135 Å². The third-order valence-corrected chi connectivity index (χ3v) is 6.03. The van der Waals surface area contributed by atoms with Gasteiger partial charge in [0, 0.05) is 17.5 Å². The van der Waals surface area contributed by atoms with Gasteiger partial charge in [0.1, 0.15) is 0 Å². The second-order valence-electron chi connectivity index (χ2n) is 5.06. The Morgan fingerprint density at radius 3 is 2.50 bits per heavy atom. The lowest BCUT2D eigenvalue weighted by Gasteiger charge is -2.14. The number of nitrogens with zero attached hydrogens (tertiary/aromatic N) is 1. The van der Waals surface area contributed by atoms with Gasteiger partial charge in [0.2, 0.25) is 10.0 Å². The van der Waals surface area contributed by atoms with Gasteiger partial charge in [-0.1, -0.05) is 12.1 Å². The highest BCUT2D eigenvalue weighted by Gasteiger charge is 2.12. The van der Waals surface area contributed by atoms with Crippen LogP contribution in [0.4, 0.5) is 0 Å². The monoisotopic (exact) mass is 339 g/mol. The maximum absolute atomic E-state index is 11.7. The third-order valence-electron chi connectivity index (χ3n) is 3.61. The van der Waals surface area contributed by atoms with Gasteiger partial charge in [0.15, 0.2) is 0 Å². The summed E-state index contributed by atoms with van der Waals surface area (Å²) in [5, 5.41) is 3.45. The van der Waals surface area contributed by atoms with E-state index in [2.05, 4.69) is 21.9 Å². The Kier molecular flexibility index (Phi) is 5.69. The van der Waals surface area contributed by atoms with Crippen molar-refractivity contribution in [3.05, 3.63) is 45.9 Å². The minimum Gasteiger partial charge on any atom is -0.310 e. The molecule has 120 valence electrons. The second kappa shape index (κ2) is 7.32. The molecule has 0 fully saturated rings. The number of nitrogens with one attached hydrogen (secondary N) is 2. The number of benzene rings is 1. The average molecular weight is 339 g/mol. The molecule has 1 aromatic carbocycles. The van der Waals surface area contributed by atoms with Gasteiger partial charge in [-0.25, -0.2) is 18.1 Å². The lowest BCUT2D eigenvalue weighted by molar-refractivity contribution is 0.576. The lowest BCUT2D eigenvalue weighted by atomic mass is 10.1. The highest BCUT2D eigenvalue weighted by molar-refractivity contribution is 7.89. The van der Waals surface area contributed by atoms with E-state index in [1.807, 2.05) is 24.6 Å². The van der Waals surface area contributed by atoms with Gasteiger partial charge in [-0.15, -0.1) is 11.3 Å². The van der Waals surface area contributed by atoms with Crippen LogP contribution in [0.5, 0.6) is 0 Å². The first kappa shape index (κ1) is 17.1. The Balaban J connectivity index is 1.93. The van der Waals surface area contributed by atoms with Gasteiger partial charge in [0.25, 0.3) is 0 Å². The molecule has 0 bridgehead atoms. The molecule has 2 rings (SSSR count). The number of hydrogen-bond donors (Lipinski definition) is 2. The Morgan fingerprint density at radius 1 is 1.27 bits per heavy atom. The van der Waals surface area contributed by atoms with E-state index < -0.39 is 10.0 Å². The highest BCUT2D eigenvalue weighted by Crippen LogP contribution is 2.17. The fourth-order valence-corrected chi connectivity index (χ4v) is 3.65. The van der Waals surface area contributed by atoms with E-state index in [4.69, 9.17) is 0 Å². The van der Waals surface area contributed by atoms with Crippen LogP contribution >= 0.6 is 11.3 Å². The number of aryl methyl sites for hydroxylation is 1. The van der Waals surface area contributed by atoms with Crippen molar-refractivity contribution in [1.82, 2.24) is 15.0 Å². The van der Waals surface area contributed by atoms with Gasteiger partial charge in [-0.05, 0) is 45.0 Å². The fraction of sp³-hybridized carbons (Fsp3) is 0.400.